The third kappa shape index (κ3) is 3.78. The molecule has 2 aromatic heterocycles. The summed E-state index contributed by atoms with van der Waals surface area (Å²) in [5.74, 6) is -0.840. The molecule has 2 aromatic carbocycles. The van der Waals surface area contributed by atoms with Crippen molar-refractivity contribution in [2.24, 2.45) is 0 Å². The van der Waals surface area contributed by atoms with E-state index < -0.39 is 17.7 Å². The lowest BCUT2D eigenvalue weighted by Crippen LogP contribution is -2.13. The number of nitrogens with two attached hydrogens (primary N) is 1. The SMILES string of the molecule is CCOC(=O)c1c(N)c2c(C(F)(F)F)cc(-c3ccc(Cl)cc3)nc2n1-c1ccccc1. The smallest absolute Gasteiger partial charge is 0.417 e. The third-order valence-corrected chi connectivity index (χ3v) is 5.14. The van der Waals surface area contributed by atoms with Gasteiger partial charge in [0.25, 0.3) is 0 Å². The largest absolute Gasteiger partial charge is 0.461 e. The van der Waals surface area contributed by atoms with E-state index in [0.29, 0.717) is 16.3 Å². The Balaban J connectivity index is 2.15. The summed E-state index contributed by atoms with van der Waals surface area (Å²) < 4.78 is 48.8. The van der Waals surface area contributed by atoms with Gasteiger partial charge in [0.05, 0.1) is 28.9 Å². The molecule has 9 heteroatoms. The first-order valence-corrected chi connectivity index (χ1v) is 10.0. The third-order valence-electron chi connectivity index (χ3n) is 4.89. The molecule has 0 unspecified atom stereocenters. The fraction of sp³-hybridized carbons (Fsp3) is 0.130. The van der Waals surface area contributed by atoms with E-state index in [-0.39, 0.29) is 34.7 Å². The lowest BCUT2D eigenvalue weighted by molar-refractivity contribution is -0.136. The minimum absolute atomic E-state index is 0.0319. The summed E-state index contributed by atoms with van der Waals surface area (Å²) in [6, 6.07) is 15.6. The predicted molar refractivity (Wildman–Crippen MR) is 117 cm³/mol. The van der Waals surface area contributed by atoms with Gasteiger partial charge in [-0.2, -0.15) is 13.2 Å². The molecule has 4 aromatic rings. The van der Waals surface area contributed by atoms with E-state index in [0.717, 1.165) is 6.07 Å². The molecule has 0 bridgehead atoms. The van der Waals surface area contributed by atoms with Gasteiger partial charge < -0.3 is 10.5 Å². The molecule has 0 amide bonds. The van der Waals surface area contributed by atoms with Crippen molar-refractivity contribution in [3.8, 4) is 16.9 Å². The Morgan fingerprint density at radius 2 is 1.78 bits per heavy atom. The van der Waals surface area contributed by atoms with Crippen molar-refractivity contribution in [3.05, 3.63) is 76.9 Å². The number of alkyl halides is 3. The highest BCUT2D eigenvalue weighted by atomic mass is 35.5. The van der Waals surface area contributed by atoms with Gasteiger partial charge in [-0.15, -0.1) is 0 Å². The fourth-order valence-electron chi connectivity index (χ4n) is 3.52. The molecular weight excluding hydrogens is 443 g/mol. The molecule has 0 spiro atoms. The fourth-order valence-corrected chi connectivity index (χ4v) is 3.65. The average Bonchev–Trinajstić information content (AvgIpc) is 3.06. The molecule has 0 atom stereocenters. The Kier molecular flexibility index (Phi) is 5.56. The molecular formula is C23H17ClF3N3O2. The van der Waals surface area contributed by atoms with E-state index >= 15 is 0 Å². The van der Waals surface area contributed by atoms with Gasteiger partial charge in [-0.1, -0.05) is 41.9 Å². The number of fused-ring (bicyclic) bond motifs is 1. The Labute approximate surface area is 186 Å². The van der Waals surface area contributed by atoms with Crippen LogP contribution in [0.2, 0.25) is 5.02 Å². The van der Waals surface area contributed by atoms with Gasteiger partial charge in [0.2, 0.25) is 0 Å². The minimum Gasteiger partial charge on any atom is -0.461 e. The maximum Gasteiger partial charge on any atom is 0.417 e. The number of esters is 1. The summed E-state index contributed by atoms with van der Waals surface area (Å²) in [6.45, 7) is 1.63. The van der Waals surface area contributed by atoms with Crippen LogP contribution >= 0.6 is 11.6 Å². The quantitative estimate of drug-likeness (QED) is 0.373. The van der Waals surface area contributed by atoms with Crippen molar-refractivity contribution in [1.82, 2.24) is 9.55 Å². The van der Waals surface area contributed by atoms with Gasteiger partial charge in [-0.3, -0.25) is 4.57 Å². The Morgan fingerprint density at radius 3 is 2.38 bits per heavy atom. The minimum atomic E-state index is -4.74. The first-order valence-electron chi connectivity index (χ1n) is 9.63. The van der Waals surface area contributed by atoms with E-state index in [1.165, 1.54) is 4.57 Å². The molecule has 0 radical (unpaired) electrons. The number of halogens is 4. The number of aromatic nitrogens is 2. The molecule has 2 heterocycles. The lowest BCUT2D eigenvalue weighted by Gasteiger charge is -2.13. The first kappa shape index (κ1) is 21.7. The summed E-state index contributed by atoms with van der Waals surface area (Å²) in [7, 11) is 0. The number of ether oxygens (including phenoxy) is 1. The highest BCUT2D eigenvalue weighted by Crippen LogP contribution is 2.42. The first-order chi connectivity index (χ1) is 15.2. The van der Waals surface area contributed by atoms with Crippen molar-refractivity contribution < 1.29 is 22.7 Å². The Bertz CT molecular complexity index is 1300. The molecule has 32 heavy (non-hydrogen) atoms. The van der Waals surface area contributed by atoms with E-state index in [2.05, 4.69) is 4.98 Å². The standard InChI is InChI=1S/C23H17ClF3N3O2/c1-2-32-22(31)20-19(28)18-16(23(25,26)27)12-17(13-8-10-14(24)11-9-13)29-21(18)30(20)15-6-4-3-5-7-15/h3-12H,2,28H2,1H3. The monoisotopic (exact) mass is 459 g/mol. The predicted octanol–water partition coefficient (Wildman–Crippen LogP) is 6.12. The van der Waals surface area contributed by atoms with Crippen LogP contribution in [-0.2, 0) is 10.9 Å². The van der Waals surface area contributed by atoms with E-state index in [1.807, 2.05) is 0 Å². The number of hydrogen-bond acceptors (Lipinski definition) is 4. The molecule has 0 fully saturated rings. The van der Waals surface area contributed by atoms with Gasteiger partial charge in [-0.05, 0) is 37.3 Å². The molecule has 0 aliphatic rings. The number of carbonyl (C=O) groups is 1. The molecule has 0 aliphatic heterocycles. The zero-order valence-corrected chi connectivity index (χ0v) is 17.5. The maximum absolute atomic E-state index is 14.1. The van der Waals surface area contributed by atoms with Crippen LogP contribution in [-0.4, -0.2) is 22.1 Å². The number of nitrogens with zero attached hydrogens (tertiary/aromatic N) is 2. The van der Waals surface area contributed by atoms with Crippen LogP contribution in [0.15, 0.2) is 60.7 Å². The summed E-state index contributed by atoms with van der Waals surface area (Å²) in [4.78, 5) is 17.2. The van der Waals surface area contributed by atoms with Crippen LogP contribution in [0.25, 0.3) is 28.0 Å². The number of para-hydroxylation sites is 1. The summed E-state index contributed by atoms with van der Waals surface area (Å²) >= 11 is 5.92. The lowest BCUT2D eigenvalue weighted by atomic mass is 10.1. The number of benzene rings is 2. The van der Waals surface area contributed by atoms with Crippen molar-refractivity contribution in [2.75, 3.05) is 12.3 Å². The second kappa shape index (κ2) is 8.20. The molecule has 0 saturated heterocycles. The number of carbonyl (C=O) groups excluding carboxylic acids is 1. The highest BCUT2D eigenvalue weighted by Gasteiger charge is 2.38. The normalized spacial score (nSPS) is 11.7. The van der Waals surface area contributed by atoms with Crippen LogP contribution in [0.4, 0.5) is 18.9 Å². The van der Waals surface area contributed by atoms with Crippen molar-refractivity contribution in [2.45, 2.75) is 13.1 Å². The number of nitrogen functional groups attached to an aromatic ring is 1. The van der Waals surface area contributed by atoms with Gasteiger partial charge in [-0.25, -0.2) is 9.78 Å². The van der Waals surface area contributed by atoms with Crippen molar-refractivity contribution >= 4 is 34.3 Å². The molecule has 4 rings (SSSR count). The van der Waals surface area contributed by atoms with Crippen LogP contribution in [0.1, 0.15) is 23.0 Å². The van der Waals surface area contributed by atoms with Gasteiger partial charge in [0.15, 0.2) is 5.69 Å². The zero-order valence-electron chi connectivity index (χ0n) is 16.8. The maximum atomic E-state index is 14.1. The second-order valence-corrected chi connectivity index (χ2v) is 7.35. The molecule has 2 N–H and O–H groups in total. The van der Waals surface area contributed by atoms with E-state index in [9.17, 15) is 18.0 Å². The van der Waals surface area contributed by atoms with Gasteiger partial charge >= 0.3 is 12.1 Å². The summed E-state index contributed by atoms with van der Waals surface area (Å²) in [5.41, 5.74) is 5.40. The van der Waals surface area contributed by atoms with E-state index in [4.69, 9.17) is 22.1 Å². The number of hydrogen-bond donors (Lipinski definition) is 1. The number of rotatable bonds is 4. The van der Waals surface area contributed by atoms with Crippen LogP contribution < -0.4 is 5.73 Å². The zero-order chi connectivity index (χ0) is 23.0. The average molecular weight is 460 g/mol. The van der Waals surface area contributed by atoms with Gasteiger partial charge in [0.1, 0.15) is 5.65 Å². The molecule has 5 nitrogen and oxygen atoms in total. The number of anilines is 1. The summed E-state index contributed by atoms with van der Waals surface area (Å²) in [5, 5.41) is 0.0782. The highest BCUT2D eigenvalue weighted by molar-refractivity contribution is 6.30. The van der Waals surface area contributed by atoms with Crippen molar-refractivity contribution in [3.63, 3.8) is 0 Å². The number of pyridine rings is 1. The van der Waals surface area contributed by atoms with Crippen molar-refractivity contribution in [1.29, 1.82) is 0 Å². The van der Waals surface area contributed by atoms with Crippen LogP contribution in [0.3, 0.4) is 0 Å². The Hall–Kier alpha value is -3.52. The van der Waals surface area contributed by atoms with E-state index in [1.54, 1.807) is 61.5 Å². The summed E-state index contributed by atoms with van der Waals surface area (Å²) in [6.07, 6.45) is -4.74. The van der Waals surface area contributed by atoms with Crippen LogP contribution in [0, 0.1) is 0 Å². The Morgan fingerprint density at radius 1 is 1.12 bits per heavy atom. The topological polar surface area (TPSA) is 70.1 Å². The molecule has 164 valence electrons. The molecule has 0 saturated carbocycles. The second-order valence-electron chi connectivity index (χ2n) is 6.91. The van der Waals surface area contributed by atoms with Crippen LogP contribution in [0.5, 0.6) is 0 Å². The van der Waals surface area contributed by atoms with Gasteiger partial charge in [0, 0.05) is 16.3 Å². The molecule has 0 aliphatic carbocycles.